The molecular formula is C145H90. The molecule has 0 saturated heterocycles. The Labute approximate surface area is 841 Å². The lowest BCUT2D eigenvalue weighted by Gasteiger charge is -2.36. The van der Waals surface area contributed by atoms with E-state index in [1.807, 2.05) is 0 Å². The highest BCUT2D eigenvalue weighted by atomic mass is 14.5. The zero-order valence-corrected chi connectivity index (χ0v) is 79.5. The van der Waals surface area contributed by atoms with Gasteiger partial charge in [0.25, 0.3) is 0 Å². The molecule has 29 rings (SSSR count). The SMILES string of the molecule is c1ccc2c(c1)-c1ccccc1C2(c1cc(-c2c3ccccc3c(-c3ccc(-c4cccc5ccccc45)cc3)c3ccccc23)cc(-c2c3ccccc3c(-c3ccc(-c4cccc5ccccc45)cc3)c3ccccc23)c1)c1cc(-c2c3ccccc3c(-c3ccc(-c4cccc5ccccc45)cc3)c3ccccc23)cc(-c2c3ccccc3c(-c3ccc(-c4cccc5ccccc45)cc3)c3ccccc23)c1. The van der Waals surface area contributed by atoms with Crippen LogP contribution in [-0.4, -0.2) is 0 Å². The predicted molar refractivity (Wildman–Crippen MR) is 619 cm³/mol. The van der Waals surface area contributed by atoms with E-state index in [1.165, 1.54) is 241 Å². The van der Waals surface area contributed by atoms with Gasteiger partial charge >= 0.3 is 0 Å². The van der Waals surface area contributed by atoms with E-state index in [0.29, 0.717) is 0 Å². The summed E-state index contributed by atoms with van der Waals surface area (Å²) in [7, 11) is 0. The molecule has 0 radical (unpaired) electrons. The van der Waals surface area contributed by atoms with Crippen molar-refractivity contribution in [1.82, 2.24) is 0 Å². The number of fused-ring (bicyclic) bond motifs is 15. The normalized spacial score (nSPS) is 12.3. The second-order valence-electron chi connectivity index (χ2n) is 39.2. The first-order valence-electron chi connectivity index (χ1n) is 50.6. The lowest BCUT2D eigenvalue weighted by atomic mass is 9.65. The minimum Gasteiger partial charge on any atom is -0.0619 e. The van der Waals surface area contributed by atoms with Crippen molar-refractivity contribution < 1.29 is 0 Å². The molecule has 0 heterocycles. The van der Waals surface area contributed by atoms with Crippen molar-refractivity contribution in [3.05, 3.63) is 568 Å². The Hall–Kier alpha value is -18.7. The van der Waals surface area contributed by atoms with Gasteiger partial charge in [0, 0.05) is 0 Å². The topological polar surface area (TPSA) is 0 Å². The van der Waals surface area contributed by atoms with E-state index >= 15 is 0 Å². The molecule has 1 aliphatic rings. The molecule has 0 aliphatic heterocycles. The van der Waals surface area contributed by atoms with Crippen LogP contribution in [0.2, 0.25) is 0 Å². The van der Waals surface area contributed by atoms with Gasteiger partial charge in [-0.15, -0.1) is 0 Å². The van der Waals surface area contributed by atoms with E-state index < -0.39 is 5.41 Å². The summed E-state index contributed by atoms with van der Waals surface area (Å²) >= 11 is 0. The second-order valence-corrected chi connectivity index (χ2v) is 39.2. The van der Waals surface area contributed by atoms with Gasteiger partial charge in [-0.2, -0.15) is 0 Å². The summed E-state index contributed by atoms with van der Waals surface area (Å²) in [5.41, 5.74) is 34.3. The monoisotopic (exact) mass is 1830 g/mol. The molecule has 670 valence electrons. The Morgan fingerprint density at radius 3 is 0.441 bits per heavy atom. The number of rotatable bonds is 14. The zero-order valence-electron chi connectivity index (χ0n) is 79.5. The highest BCUT2D eigenvalue weighted by Crippen LogP contribution is 2.61. The Bertz CT molecular complexity index is 8880. The molecule has 0 amide bonds. The highest BCUT2D eigenvalue weighted by Gasteiger charge is 2.47. The third kappa shape index (κ3) is 13.2. The third-order valence-electron chi connectivity index (χ3n) is 31.7. The maximum absolute atomic E-state index is 2.65. The molecule has 28 aromatic rings. The van der Waals surface area contributed by atoms with Crippen molar-refractivity contribution >= 4 is 129 Å². The fourth-order valence-corrected chi connectivity index (χ4v) is 25.5. The molecule has 0 heteroatoms. The van der Waals surface area contributed by atoms with Gasteiger partial charge in [-0.05, 0) is 333 Å². The van der Waals surface area contributed by atoms with Gasteiger partial charge < -0.3 is 0 Å². The molecule has 0 bridgehead atoms. The van der Waals surface area contributed by atoms with Gasteiger partial charge in [-0.1, -0.05) is 510 Å². The second kappa shape index (κ2) is 33.8. The van der Waals surface area contributed by atoms with E-state index in [0.717, 1.165) is 55.6 Å². The summed E-state index contributed by atoms with van der Waals surface area (Å²) in [6, 6.07) is 208. The first-order chi connectivity index (χ1) is 71.9. The average molecular weight is 1830 g/mol. The van der Waals surface area contributed by atoms with Crippen LogP contribution in [0.5, 0.6) is 0 Å². The van der Waals surface area contributed by atoms with Gasteiger partial charge in [-0.3, -0.25) is 0 Å². The standard InChI is InChI=1S/C145H90/c1-5-41-109-91(33-1)37-29-63-113(109)95-69-77-99(78-70-95)137-119-47-9-17-55-127(119)141(128-56-18-10-48-120(128)137)103-85-104(142-129-57-19-11-49-121(129)138(122-50-12-20-58-130(122)142)100-79-71-96(72-80-100)114-64-30-38-92-34-2-6-42-110(92)114)88-107(87-103)145(135-67-27-25-45-117(135)118-46-26-28-68-136(118)145)108-89-105(143-131-59-21-13-51-123(131)139(124-52-14-22-60-132(124)143)101-81-73-97(74-82-101)115-65-31-39-93-35-3-7-43-111(93)115)86-106(90-108)144-133-61-23-15-53-125(133)140(126-54-16-24-62-134(126)144)102-83-75-98(76-84-102)116-66-32-40-94-36-4-8-44-112(94)116/h1-90H. The molecule has 145 heavy (non-hydrogen) atoms. The van der Waals surface area contributed by atoms with Gasteiger partial charge in [0.05, 0.1) is 5.41 Å². The van der Waals surface area contributed by atoms with Crippen molar-refractivity contribution in [3.8, 4) is 145 Å². The van der Waals surface area contributed by atoms with Crippen LogP contribution in [0.3, 0.4) is 0 Å². The maximum atomic E-state index is 2.65. The smallest absolute Gasteiger partial charge is 0.0619 e. The highest BCUT2D eigenvalue weighted by molar-refractivity contribution is 6.28. The predicted octanol–water partition coefficient (Wildman–Crippen LogP) is 39.9. The Kier molecular flexibility index (Phi) is 19.4. The molecule has 0 fully saturated rings. The molecule has 0 atom stereocenters. The fourth-order valence-electron chi connectivity index (χ4n) is 25.5. The minimum absolute atomic E-state index is 1.06. The first kappa shape index (κ1) is 83.3. The van der Waals surface area contributed by atoms with Crippen LogP contribution in [0.25, 0.3) is 274 Å². The average Bonchev–Trinajstić information content (AvgIpc) is 1.55. The number of hydrogen-bond acceptors (Lipinski definition) is 0. The maximum Gasteiger partial charge on any atom is 0.0714 e. The lowest BCUT2D eigenvalue weighted by Crippen LogP contribution is -2.29. The van der Waals surface area contributed by atoms with Gasteiger partial charge in [-0.25, -0.2) is 0 Å². The summed E-state index contributed by atoms with van der Waals surface area (Å²) in [6.45, 7) is 0. The van der Waals surface area contributed by atoms with Crippen molar-refractivity contribution in [3.63, 3.8) is 0 Å². The quantitative estimate of drug-likeness (QED) is 0.0952. The summed E-state index contributed by atoms with van der Waals surface area (Å²) in [5, 5.41) is 28.7. The third-order valence-corrected chi connectivity index (χ3v) is 31.7. The molecule has 1 aliphatic carbocycles. The number of hydrogen-bond donors (Lipinski definition) is 0. The molecule has 0 N–H and O–H groups in total. The number of benzene rings is 28. The molecule has 0 unspecified atom stereocenters. The Balaban J connectivity index is 0.725. The zero-order chi connectivity index (χ0) is 95.3. The van der Waals surface area contributed by atoms with E-state index in [-0.39, 0.29) is 0 Å². The van der Waals surface area contributed by atoms with Gasteiger partial charge in [0.15, 0.2) is 0 Å². The summed E-state index contributed by atoms with van der Waals surface area (Å²) in [4.78, 5) is 0. The van der Waals surface area contributed by atoms with Crippen molar-refractivity contribution in [2.45, 2.75) is 5.41 Å². The van der Waals surface area contributed by atoms with E-state index in [2.05, 4.69) is 546 Å². The molecule has 0 nitrogen and oxygen atoms in total. The molecule has 0 aromatic heterocycles. The van der Waals surface area contributed by atoms with Crippen molar-refractivity contribution in [2.24, 2.45) is 0 Å². The van der Waals surface area contributed by atoms with Crippen LogP contribution in [0, 0.1) is 0 Å². The van der Waals surface area contributed by atoms with E-state index in [1.54, 1.807) is 0 Å². The van der Waals surface area contributed by atoms with Crippen LogP contribution < -0.4 is 0 Å². The molecule has 0 saturated carbocycles. The van der Waals surface area contributed by atoms with Crippen LogP contribution >= 0.6 is 0 Å². The first-order valence-corrected chi connectivity index (χ1v) is 50.6. The summed E-state index contributed by atoms with van der Waals surface area (Å²) < 4.78 is 0. The summed E-state index contributed by atoms with van der Waals surface area (Å²) in [6.07, 6.45) is 0. The van der Waals surface area contributed by atoms with Crippen LogP contribution in [0.15, 0.2) is 546 Å². The van der Waals surface area contributed by atoms with E-state index in [4.69, 9.17) is 0 Å². The van der Waals surface area contributed by atoms with Crippen LogP contribution in [0.4, 0.5) is 0 Å². The summed E-state index contributed by atoms with van der Waals surface area (Å²) in [5.74, 6) is 0. The van der Waals surface area contributed by atoms with Crippen molar-refractivity contribution in [1.29, 1.82) is 0 Å². The minimum atomic E-state index is -1.06. The van der Waals surface area contributed by atoms with Crippen LogP contribution in [0.1, 0.15) is 22.3 Å². The largest absolute Gasteiger partial charge is 0.0714 e. The molecule has 28 aromatic carbocycles. The molecule has 0 spiro atoms. The lowest BCUT2D eigenvalue weighted by molar-refractivity contribution is 0.770. The van der Waals surface area contributed by atoms with Gasteiger partial charge in [0.2, 0.25) is 0 Å². The Morgan fingerprint density at radius 2 is 0.241 bits per heavy atom. The van der Waals surface area contributed by atoms with Crippen LogP contribution in [-0.2, 0) is 5.41 Å². The van der Waals surface area contributed by atoms with Crippen molar-refractivity contribution in [2.75, 3.05) is 0 Å². The Morgan fingerprint density at radius 1 is 0.0966 bits per heavy atom. The van der Waals surface area contributed by atoms with Gasteiger partial charge in [0.1, 0.15) is 0 Å². The fraction of sp³-hybridized carbons (Fsp3) is 0.00690. The molecular weight excluding hydrogens is 1740 g/mol. The van der Waals surface area contributed by atoms with E-state index in [9.17, 15) is 0 Å².